The highest BCUT2D eigenvalue weighted by atomic mass is 16.5. The van der Waals surface area contributed by atoms with Crippen LogP contribution in [0.25, 0.3) is 0 Å². The maximum absolute atomic E-state index is 12.7. The second-order valence-corrected chi connectivity index (χ2v) is 10.2. The molecule has 2 fully saturated rings. The molecule has 0 bridgehead atoms. The van der Waals surface area contributed by atoms with Crippen LogP contribution in [0.15, 0.2) is 6.07 Å². The smallest absolute Gasteiger partial charge is 0.318 e. The monoisotopic (exact) mass is 434 g/mol. The second-order valence-electron chi connectivity index (χ2n) is 10.2. The molecule has 2 heterocycles. The van der Waals surface area contributed by atoms with Gasteiger partial charge in [-0.3, -0.25) is 0 Å². The molecule has 1 saturated carbocycles. The zero-order valence-corrected chi connectivity index (χ0v) is 19.7. The number of carbonyl (C=O) groups excluding carboxylic acids is 1. The van der Waals surface area contributed by atoms with Crippen molar-refractivity contribution in [1.82, 2.24) is 10.2 Å². The summed E-state index contributed by atoms with van der Waals surface area (Å²) < 4.78 is 6.13. The number of fused-ring (bicyclic) bond motifs is 1. The molecule has 1 N–H and O–H groups in total. The Labute approximate surface area is 191 Å². The fourth-order valence-electron chi connectivity index (χ4n) is 5.11. The number of benzene rings is 1. The van der Waals surface area contributed by atoms with Crippen molar-refractivity contribution in [2.45, 2.75) is 71.1 Å². The van der Waals surface area contributed by atoms with E-state index in [1.807, 2.05) is 4.90 Å². The number of nitrogens with zero attached hydrogens (tertiary/aromatic N) is 3. The van der Waals surface area contributed by atoms with E-state index < -0.39 is 0 Å². The van der Waals surface area contributed by atoms with Gasteiger partial charge in [0.2, 0.25) is 0 Å². The van der Waals surface area contributed by atoms with Crippen LogP contribution in [0.4, 0.5) is 10.5 Å². The lowest BCUT2D eigenvalue weighted by Crippen LogP contribution is -2.59. The van der Waals surface area contributed by atoms with Gasteiger partial charge < -0.3 is 19.9 Å². The van der Waals surface area contributed by atoms with Crippen LogP contribution in [-0.4, -0.2) is 48.8 Å². The van der Waals surface area contributed by atoms with E-state index >= 15 is 0 Å². The van der Waals surface area contributed by atoms with Crippen LogP contribution in [0.3, 0.4) is 0 Å². The van der Waals surface area contributed by atoms with Crippen LogP contribution in [0.1, 0.15) is 68.7 Å². The van der Waals surface area contributed by atoms with E-state index in [0.29, 0.717) is 32.2 Å². The Morgan fingerprint density at radius 1 is 1.34 bits per heavy atom. The van der Waals surface area contributed by atoms with Crippen LogP contribution in [0.2, 0.25) is 0 Å². The van der Waals surface area contributed by atoms with Crippen molar-refractivity contribution in [2.24, 2.45) is 5.92 Å². The van der Waals surface area contributed by atoms with Gasteiger partial charge >= 0.3 is 6.03 Å². The van der Waals surface area contributed by atoms with Gasteiger partial charge in [0.1, 0.15) is 6.07 Å². The molecule has 2 amide bonds. The van der Waals surface area contributed by atoms with Gasteiger partial charge in [-0.05, 0) is 61.3 Å². The van der Waals surface area contributed by atoms with E-state index in [1.54, 1.807) is 0 Å². The Bertz CT molecular complexity index is 981. The van der Waals surface area contributed by atoms with Crippen molar-refractivity contribution in [3.05, 3.63) is 28.3 Å². The molecule has 170 valence electrons. The Hall–Kier alpha value is -2.70. The molecular formula is C26H34N4O2. The van der Waals surface area contributed by atoms with Crippen LogP contribution in [-0.2, 0) is 17.8 Å². The number of rotatable bonds is 4. The van der Waals surface area contributed by atoms with Crippen molar-refractivity contribution in [3.8, 4) is 18.4 Å². The number of ether oxygens (including phenoxy) is 1. The van der Waals surface area contributed by atoms with E-state index in [1.165, 1.54) is 29.5 Å². The Balaban J connectivity index is 1.69. The van der Waals surface area contributed by atoms with E-state index in [9.17, 15) is 10.1 Å². The largest absolute Gasteiger partial charge is 0.371 e. The third kappa shape index (κ3) is 4.30. The van der Waals surface area contributed by atoms with Crippen molar-refractivity contribution in [1.29, 1.82) is 5.26 Å². The summed E-state index contributed by atoms with van der Waals surface area (Å²) in [6, 6.07) is 4.73. The van der Waals surface area contributed by atoms with E-state index in [-0.39, 0.29) is 30.1 Å². The number of hydrogen-bond acceptors (Lipinski definition) is 4. The molecule has 4 rings (SSSR count). The Kier molecular flexibility index (Phi) is 6.10. The Morgan fingerprint density at radius 3 is 2.72 bits per heavy atom. The number of piperazine rings is 1. The van der Waals surface area contributed by atoms with Crippen LogP contribution >= 0.6 is 0 Å². The summed E-state index contributed by atoms with van der Waals surface area (Å²) in [4.78, 5) is 16.9. The van der Waals surface area contributed by atoms with Gasteiger partial charge in [0.05, 0.1) is 36.0 Å². The first kappa shape index (κ1) is 22.5. The number of amides is 2. The third-order valence-corrected chi connectivity index (χ3v) is 7.03. The lowest BCUT2D eigenvalue weighted by molar-refractivity contribution is -0.0405. The summed E-state index contributed by atoms with van der Waals surface area (Å²) in [5, 5.41) is 13.0. The zero-order valence-electron chi connectivity index (χ0n) is 19.7. The number of nitrogens with one attached hydrogen (secondary N) is 1. The molecule has 0 radical (unpaired) electrons. The first-order valence-electron chi connectivity index (χ1n) is 11.7. The summed E-state index contributed by atoms with van der Waals surface area (Å²) in [6.45, 7) is 11.3. The minimum atomic E-state index is -0.272. The normalized spacial score (nSPS) is 22.2. The van der Waals surface area contributed by atoms with Crippen molar-refractivity contribution in [2.75, 3.05) is 31.1 Å². The van der Waals surface area contributed by atoms with Gasteiger partial charge in [-0.25, -0.2) is 4.79 Å². The van der Waals surface area contributed by atoms with Gasteiger partial charge in [-0.2, -0.15) is 5.26 Å². The summed E-state index contributed by atoms with van der Waals surface area (Å²) >= 11 is 0. The van der Waals surface area contributed by atoms with Gasteiger partial charge in [-0.15, -0.1) is 6.42 Å². The number of hydrogen-bond donors (Lipinski definition) is 1. The molecule has 1 aliphatic carbocycles. The van der Waals surface area contributed by atoms with Gasteiger partial charge in [-0.1, -0.05) is 19.8 Å². The second kappa shape index (κ2) is 8.68. The molecular weight excluding hydrogens is 400 g/mol. The highest BCUT2D eigenvalue weighted by Gasteiger charge is 2.38. The zero-order chi connectivity index (χ0) is 23.0. The summed E-state index contributed by atoms with van der Waals surface area (Å²) in [7, 11) is 0. The molecule has 0 aromatic heterocycles. The predicted molar refractivity (Wildman–Crippen MR) is 125 cm³/mol. The number of terminal acetylenes is 1. The average Bonchev–Trinajstić information content (AvgIpc) is 3.60. The van der Waals surface area contributed by atoms with E-state index in [0.717, 1.165) is 17.7 Å². The molecule has 1 aromatic carbocycles. The molecule has 1 unspecified atom stereocenters. The summed E-state index contributed by atoms with van der Waals surface area (Å²) in [5.41, 5.74) is 5.30. The first-order valence-corrected chi connectivity index (χ1v) is 11.7. The number of carbonyl (C=O) groups is 1. The Morgan fingerprint density at radius 2 is 2.09 bits per heavy atom. The molecule has 1 aromatic rings. The lowest BCUT2D eigenvalue weighted by atomic mass is 9.83. The third-order valence-electron chi connectivity index (χ3n) is 7.03. The SMILES string of the molecule is C#CCNC(=O)N1CCN(c2cc(C3CC3)c3c(c2C#N)CC(C)(C)OC3)CC1C(C)C. The quantitative estimate of drug-likeness (QED) is 0.733. The maximum atomic E-state index is 12.7. The fraction of sp³-hybridized carbons (Fsp3) is 0.615. The number of nitriles is 1. The summed E-state index contributed by atoms with van der Waals surface area (Å²) in [5.74, 6) is 3.34. The first-order chi connectivity index (χ1) is 15.3. The van der Waals surface area contributed by atoms with Crippen molar-refractivity contribution in [3.63, 3.8) is 0 Å². The molecule has 32 heavy (non-hydrogen) atoms. The highest BCUT2D eigenvalue weighted by molar-refractivity contribution is 5.76. The minimum Gasteiger partial charge on any atom is -0.371 e. The fourth-order valence-corrected chi connectivity index (χ4v) is 5.11. The molecule has 3 aliphatic rings. The van der Waals surface area contributed by atoms with Crippen LogP contribution in [0.5, 0.6) is 0 Å². The van der Waals surface area contributed by atoms with E-state index in [2.05, 4.69) is 56.0 Å². The standard InChI is InChI=1S/C26H34N4O2/c1-6-9-28-25(31)30-11-10-29(15-24(30)17(2)3)23-12-19(18-7-8-18)22-16-32-26(4,5)13-20(22)21(23)14-27/h1,12,17-18,24H,7-11,13,15-16H2,2-5H3,(H,28,31). The van der Waals surface area contributed by atoms with Gasteiger partial charge in [0.15, 0.2) is 0 Å². The number of urea groups is 1. The van der Waals surface area contributed by atoms with Crippen LogP contribution in [0, 0.1) is 29.6 Å². The van der Waals surface area contributed by atoms with Gasteiger partial charge in [0, 0.05) is 26.1 Å². The molecule has 6 nitrogen and oxygen atoms in total. The predicted octanol–water partition coefficient (Wildman–Crippen LogP) is 3.78. The topological polar surface area (TPSA) is 68.6 Å². The highest BCUT2D eigenvalue weighted by Crippen LogP contribution is 2.47. The maximum Gasteiger partial charge on any atom is 0.318 e. The van der Waals surface area contributed by atoms with Crippen molar-refractivity contribution >= 4 is 11.7 Å². The minimum absolute atomic E-state index is 0.0493. The summed E-state index contributed by atoms with van der Waals surface area (Å²) in [6.07, 6.45) is 8.48. The average molecular weight is 435 g/mol. The lowest BCUT2D eigenvalue weighted by Gasteiger charge is -2.45. The molecule has 0 spiro atoms. The number of anilines is 1. The molecule has 1 saturated heterocycles. The molecule has 1 atom stereocenters. The molecule has 2 aliphatic heterocycles. The van der Waals surface area contributed by atoms with E-state index in [4.69, 9.17) is 11.2 Å². The molecule has 6 heteroatoms. The van der Waals surface area contributed by atoms with Crippen LogP contribution < -0.4 is 10.2 Å². The van der Waals surface area contributed by atoms with Crippen molar-refractivity contribution < 1.29 is 9.53 Å². The van der Waals surface area contributed by atoms with Gasteiger partial charge in [0.25, 0.3) is 0 Å².